The Morgan fingerprint density at radius 2 is 2.04 bits per heavy atom. The monoisotopic (exact) mass is 327 g/mol. The molecule has 2 atom stereocenters. The highest BCUT2D eigenvalue weighted by atomic mass is 16.5. The third kappa shape index (κ3) is 3.12. The number of rotatable bonds is 3. The Kier molecular flexibility index (Phi) is 3.93. The summed E-state index contributed by atoms with van der Waals surface area (Å²) in [5, 5.41) is 10.9. The van der Waals surface area contributed by atoms with Gasteiger partial charge in [-0.25, -0.2) is 4.79 Å². The van der Waals surface area contributed by atoms with Gasteiger partial charge in [-0.1, -0.05) is 23.4 Å². The number of carbonyl (C=O) groups is 1. The van der Waals surface area contributed by atoms with Crippen molar-refractivity contribution in [3.05, 3.63) is 36.5 Å². The Labute approximate surface area is 140 Å². The zero-order valence-electron chi connectivity index (χ0n) is 13.6. The molecule has 1 aliphatic heterocycles. The van der Waals surface area contributed by atoms with Crippen LogP contribution >= 0.6 is 0 Å². The number of hydrogen-bond donors (Lipinski definition) is 1. The highest BCUT2D eigenvalue weighted by Crippen LogP contribution is 2.36. The van der Waals surface area contributed by atoms with Crippen molar-refractivity contribution in [2.75, 3.05) is 18.4 Å². The molecule has 2 unspecified atom stereocenters. The van der Waals surface area contributed by atoms with Crippen LogP contribution in [0.15, 0.2) is 36.5 Å². The van der Waals surface area contributed by atoms with Crippen LogP contribution in [-0.2, 0) is 4.74 Å². The number of urea groups is 1. The van der Waals surface area contributed by atoms with Gasteiger partial charge in [-0.05, 0) is 37.8 Å². The number of para-hydroxylation sites is 1. The molecule has 1 saturated carbocycles. The normalized spacial score (nSPS) is 24.0. The first kappa shape index (κ1) is 15.1. The second kappa shape index (κ2) is 6.24. The largest absolute Gasteiger partial charge is 0.371 e. The van der Waals surface area contributed by atoms with Crippen LogP contribution in [0.5, 0.6) is 0 Å². The van der Waals surface area contributed by atoms with Crippen LogP contribution < -0.4 is 5.32 Å². The minimum absolute atomic E-state index is 0.0623. The molecule has 2 amide bonds. The molecule has 2 heterocycles. The van der Waals surface area contributed by atoms with E-state index < -0.39 is 0 Å². The van der Waals surface area contributed by atoms with Crippen molar-refractivity contribution in [3.63, 3.8) is 0 Å². The number of aromatic nitrogens is 3. The van der Waals surface area contributed by atoms with Crippen molar-refractivity contribution in [2.24, 2.45) is 5.92 Å². The van der Waals surface area contributed by atoms with Crippen LogP contribution in [0.25, 0.3) is 5.69 Å². The van der Waals surface area contributed by atoms with E-state index >= 15 is 0 Å². The molecule has 2 fully saturated rings. The molecule has 2 aromatic rings. The summed E-state index contributed by atoms with van der Waals surface area (Å²) in [4.78, 5) is 14.5. The first-order valence-electron chi connectivity index (χ1n) is 8.38. The number of ether oxygens (including phenoxy) is 1. The lowest BCUT2D eigenvalue weighted by Gasteiger charge is -2.36. The quantitative estimate of drug-likeness (QED) is 0.939. The number of hydrogen-bond acceptors (Lipinski definition) is 4. The van der Waals surface area contributed by atoms with Gasteiger partial charge in [0.05, 0.1) is 24.1 Å². The summed E-state index contributed by atoms with van der Waals surface area (Å²) in [5.74, 6) is 1.17. The lowest BCUT2D eigenvalue weighted by molar-refractivity contribution is -0.0717. The summed E-state index contributed by atoms with van der Waals surface area (Å²) in [6.07, 6.45) is 4.20. The molecule has 2 aliphatic rings. The summed E-state index contributed by atoms with van der Waals surface area (Å²) < 4.78 is 7.59. The zero-order valence-corrected chi connectivity index (χ0v) is 13.6. The van der Waals surface area contributed by atoms with Crippen molar-refractivity contribution in [1.29, 1.82) is 0 Å². The Balaban J connectivity index is 1.47. The van der Waals surface area contributed by atoms with Gasteiger partial charge in [-0.2, -0.15) is 4.68 Å². The predicted octanol–water partition coefficient (Wildman–Crippen LogP) is 2.30. The van der Waals surface area contributed by atoms with Crippen LogP contribution in [-0.4, -0.2) is 51.2 Å². The Morgan fingerprint density at radius 3 is 2.79 bits per heavy atom. The van der Waals surface area contributed by atoms with Crippen LogP contribution in [0, 0.1) is 5.92 Å². The maximum Gasteiger partial charge on any atom is 0.323 e. The number of nitrogens with one attached hydrogen (secondary N) is 1. The highest BCUT2D eigenvalue weighted by molar-refractivity contribution is 5.88. The minimum atomic E-state index is -0.129. The average Bonchev–Trinajstić information content (AvgIpc) is 3.35. The number of benzene rings is 1. The number of carbonyl (C=O) groups excluding carboxylic acids is 1. The first-order chi connectivity index (χ1) is 11.7. The Bertz CT molecular complexity index is 713. The number of morpholine rings is 1. The molecule has 1 aromatic carbocycles. The summed E-state index contributed by atoms with van der Waals surface area (Å²) in [6.45, 7) is 3.26. The lowest BCUT2D eigenvalue weighted by Crippen LogP contribution is -2.51. The van der Waals surface area contributed by atoms with Crippen LogP contribution in [0.4, 0.5) is 10.6 Å². The Morgan fingerprint density at radius 1 is 1.25 bits per heavy atom. The van der Waals surface area contributed by atoms with E-state index in [1.54, 1.807) is 10.9 Å². The summed E-state index contributed by atoms with van der Waals surface area (Å²) in [6, 6.07) is 9.50. The molecule has 0 radical (unpaired) electrons. The van der Waals surface area contributed by atoms with E-state index in [-0.39, 0.29) is 18.2 Å². The predicted molar refractivity (Wildman–Crippen MR) is 89.0 cm³/mol. The van der Waals surface area contributed by atoms with Crippen LogP contribution in [0.1, 0.15) is 19.8 Å². The molecule has 1 N–H and O–H groups in total. The standard InChI is InChI=1S/C17H21N5O2/c1-12-10-21(11-15(24-12)13-7-8-13)17(23)19-16-9-18-20-22(16)14-5-3-2-4-6-14/h2-6,9,12-13,15H,7-8,10-11H2,1H3,(H,19,23). The third-order valence-electron chi connectivity index (χ3n) is 4.50. The van der Waals surface area contributed by atoms with E-state index in [1.165, 1.54) is 12.8 Å². The van der Waals surface area contributed by atoms with Gasteiger partial charge in [0.1, 0.15) is 0 Å². The van der Waals surface area contributed by atoms with E-state index in [2.05, 4.69) is 15.6 Å². The minimum Gasteiger partial charge on any atom is -0.371 e. The molecule has 24 heavy (non-hydrogen) atoms. The highest BCUT2D eigenvalue weighted by Gasteiger charge is 2.38. The molecule has 126 valence electrons. The molecule has 0 bridgehead atoms. The molecule has 1 saturated heterocycles. The Hall–Kier alpha value is -2.41. The third-order valence-corrected chi connectivity index (χ3v) is 4.50. The molecule has 7 heteroatoms. The molecule has 7 nitrogen and oxygen atoms in total. The second-order valence-electron chi connectivity index (χ2n) is 6.52. The van der Waals surface area contributed by atoms with Crippen molar-refractivity contribution >= 4 is 11.8 Å². The van der Waals surface area contributed by atoms with E-state index in [9.17, 15) is 4.79 Å². The van der Waals surface area contributed by atoms with Crippen LogP contribution in [0.3, 0.4) is 0 Å². The number of anilines is 1. The molecule has 4 rings (SSSR count). The molecular formula is C17H21N5O2. The summed E-state index contributed by atoms with van der Waals surface area (Å²) in [7, 11) is 0. The summed E-state index contributed by atoms with van der Waals surface area (Å²) in [5.41, 5.74) is 0.858. The smallest absolute Gasteiger partial charge is 0.323 e. The van der Waals surface area contributed by atoms with E-state index in [4.69, 9.17) is 4.74 Å². The lowest BCUT2D eigenvalue weighted by atomic mass is 10.1. The topological polar surface area (TPSA) is 72.3 Å². The molecule has 1 aliphatic carbocycles. The van der Waals surface area contributed by atoms with E-state index in [0.717, 1.165) is 5.69 Å². The van der Waals surface area contributed by atoms with Crippen molar-refractivity contribution < 1.29 is 9.53 Å². The molecule has 1 aromatic heterocycles. The number of amides is 2. The van der Waals surface area contributed by atoms with Gasteiger partial charge >= 0.3 is 6.03 Å². The van der Waals surface area contributed by atoms with Crippen molar-refractivity contribution in [2.45, 2.75) is 32.0 Å². The van der Waals surface area contributed by atoms with E-state index in [1.807, 2.05) is 42.2 Å². The first-order valence-corrected chi connectivity index (χ1v) is 8.38. The van der Waals surface area contributed by atoms with Crippen molar-refractivity contribution in [1.82, 2.24) is 19.9 Å². The zero-order chi connectivity index (χ0) is 16.5. The maximum atomic E-state index is 12.7. The van der Waals surface area contributed by atoms with Gasteiger partial charge in [-0.15, -0.1) is 5.10 Å². The van der Waals surface area contributed by atoms with Crippen molar-refractivity contribution in [3.8, 4) is 5.69 Å². The molecule has 0 spiro atoms. The second-order valence-corrected chi connectivity index (χ2v) is 6.52. The SMILES string of the molecule is CC1CN(C(=O)Nc2cnnn2-c2ccccc2)CC(C2CC2)O1. The fourth-order valence-corrected chi connectivity index (χ4v) is 3.15. The van der Waals surface area contributed by atoms with E-state index in [0.29, 0.717) is 24.8 Å². The van der Waals surface area contributed by atoms with Gasteiger partial charge in [0.2, 0.25) is 0 Å². The fraction of sp³-hybridized carbons (Fsp3) is 0.471. The van der Waals surface area contributed by atoms with Crippen LogP contribution in [0.2, 0.25) is 0 Å². The summed E-state index contributed by atoms with van der Waals surface area (Å²) >= 11 is 0. The van der Waals surface area contributed by atoms with Gasteiger partial charge < -0.3 is 9.64 Å². The molecular weight excluding hydrogens is 306 g/mol. The van der Waals surface area contributed by atoms with Gasteiger partial charge in [0, 0.05) is 13.1 Å². The number of nitrogens with zero attached hydrogens (tertiary/aromatic N) is 4. The fourth-order valence-electron chi connectivity index (χ4n) is 3.15. The van der Waals surface area contributed by atoms with Gasteiger partial charge in [0.15, 0.2) is 5.82 Å². The maximum absolute atomic E-state index is 12.7. The van der Waals surface area contributed by atoms with Gasteiger partial charge in [0.25, 0.3) is 0 Å². The average molecular weight is 327 g/mol. The van der Waals surface area contributed by atoms with Gasteiger partial charge in [-0.3, -0.25) is 5.32 Å².